The highest BCUT2D eigenvalue weighted by atomic mass is 28.3. The van der Waals surface area contributed by atoms with Gasteiger partial charge in [0.05, 0.1) is 7.11 Å². The van der Waals surface area contributed by atoms with Gasteiger partial charge in [0.25, 0.3) is 0 Å². The van der Waals surface area contributed by atoms with Crippen molar-refractivity contribution in [2.24, 2.45) is 0 Å². The molecule has 1 atom stereocenters. The van der Waals surface area contributed by atoms with Crippen LogP contribution in [0.25, 0.3) is 0 Å². The van der Waals surface area contributed by atoms with E-state index in [0.717, 1.165) is 0 Å². The molecule has 0 heterocycles. The molecule has 0 saturated heterocycles. The second kappa shape index (κ2) is 6.87. The highest BCUT2D eigenvalue weighted by Crippen LogP contribution is 2.08. The number of hydrogen-bond acceptors (Lipinski definition) is 4. The van der Waals surface area contributed by atoms with Crippen LogP contribution < -0.4 is 5.32 Å². The zero-order valence-electron chi connectivity index (χ0n) is 8.42. The molecule has 0 aliphatic rings. The molecule has 0 aromatic heterocycles. The van der Waals surface area contributed by atoms with E-state index in [2.05, 4.69) is 10.1 Å². The van der Waals surface area contributed by atoms with E-state index in [1.807, 2.05) is 6.92 Å². The van der Waals surface area contributed by atoms with Gasteiger partial charge >= 0.3 is 15.4 Å². The molecule has 1 amide bonds. The average Bonchev–Trinajstić information content (AvgIpc) is 2.16. The van der Waals surface area contributed by atoms with E-state index in [-0.39, 0.29) is 5.54 Å². The number of nitrogens with one attached hydrogen (secondary N) is 1. The van der Waals surface area contributed by atoms with E-state index in [4.69, 9.17) is 8.85 Å². The number of rotatable bonds is 5. The molecule has 1 N–H and O–H groups in total. The summed E-state index contributed by atoms with van der Waals surface area (Å²) >= 11 is 0. The van der Waals surface area contributed by atoms with Gasteiger partial charge in [-0.25, -0.2) is 4.79 Å². The molecule has 1 radical (unpaired) electrons. The summed E-state index contributed by atoms with van der Waals surface area (Å²) in [4.78, 5) is 10.7. The van der Waals surface area contributed by atoms with Crippen LogP contribution in [0.1, 0.15) is 6.92 Å². The highest BCUT2D eigenvalue weighted by molar-refractivity contribution is 6.46. The molecule has 0 rings (SSSR count). The molecule has 5 nitrogen and oxygen atoms in total. The van der Waals surface area contributed by atoms with Crippen molar-refractivity contribution in [2.75, 3.05) is 27.9 Å². The summed E-state index contributed by atoms with van der Waals surface area (Å²) in [7, 11) is 3.26. The molecular formula is C7H16NO4Si. The van der Waals surface area contributed by atoms with Crippen LogP contribution in [-0.2, 0) is 13.6 Å². The Labute approximate surface area is 80.2 Å². The first-order valence-electron chi connectivity index (χ1n) is 3.92. The molecule has 0 aromatic rings. The fraction of sp³-hybridized carbons (Fsp3) is 0.857. The lowest BCUT2D eigenvalue weighted by molar-refractivity contribution is 0.170. The lowest BCUT2D eigenvalue weighted by Crippen LogP contribution is -2.34. The normalized spacial score (nSPS) is 12.7. The zero-order valence-corrected chi connectivity index (χ0v) is 9.42. The number of alkyl carbamates (subject to hydrolysis) is 1. The predicted octanol–water partition coefficient (Wildman–Crippen LogP) is 0.513. The Kier molecular flexibility index (Phi) is 6.56. The topological polar surface area (TPSA) is 56.8 Å². The summed E-state index contributed by atoms with van der Waals surface area (Å²) in [5.74, 6) is 0. The van der Waals surface area contributed by atoms with Crippen LogP contribution in [0.5, 0.6) is 0 Å². The van der Waals surface area contributed by atoms with E-state index in [9.17, 15) is 4.79 Å². The summed E-state index contributed by atoms with van der Waals surface area (Å²) in [5.41, 5.74) is 0.180. The summed E-state index contributed by atoms with van der Waals surface area (Å²) in [5, 5.41) is 2.59. The monoisotopic (exact) mass is 206 g/mol. The third-order valence-corrected chi connectivity index (χ3v) is 3.36. The molecule has 1 unspecified atom stereocenters. The molecule has 0 aliphatic carbocycles. The van der Waals surface area contributed by atoms with Crippen molar-refractivity contribution in [1.29, 1.82) is 0 Å². The van der Waals surface area contributed by atoms with Gasteiger partial charge in [0, 0.05) is 26.3 Å². The summed E-state index contributed by atoms with van der Waals surface area (Å²) < 4.78 is 14.7. The summed E-state index contributed by atoms with van der Waals surface area (Å²) in [6.07, 6.45) is -0.430. The fourth-order valence-corrected chi connectivity index (χ4v) is 2.12. The number of carbonyl (C=O) groups is 1. The van der Waals surface area contributed by atoms with Gasteiger partial charge in [-0.2, -0.15) is 0 Å². The first-order chi connectivity index (χ1) is 6.15. The number of methoxy groups -OCH3 is 1. The molecule has 0 aromatic carbocycles. The van der Waals surface area contributed by atoms with Crippen molar-refractivity contribution >= 4 is 15.4 Å². The molecule has 0 aliphatic heterocycles. The van der Waals surface area contributed by atoms with Gasteiger partial charge in [0.15, 0.2) is 0 Å². The van der Waals surface area contributed by atoms with E-state index < -0.39 is 15.4 Å². The van der Waals surface area contributed by atoms with Gasteiger partial charge in [-0.1, -0.05) is 6.92 Å². The van der Waals surface area contributed by atoms with Crippen molar-refractivity contribution in [2.45, 2.75) is 12.5 Å². The minimum Gasteiger partial charge on any atom is -0.453 e. The van der Waals surface area contributed by atoms with Crippen molar-refractivity contribution in [1.82, 2.24) is 5.32 Å². The quantitative estimate of drug-likeness (QED) is 0.666. The van der Waals surface area contributed by atoms with Gasteiger partial charge in [0.2, 0.25) is 0 Å². The molecule has 0 saturated carbocycles. The van der Waals surface area contributed by atoms with Crippen molar-refractivity contribution in [3.05, 3.63) is 0 Å². The lowest BCUT2D eigenvalue weighted by atomic mass is 10.5. The minimum atomic E-state index is -1.27. The van der Waals surface area contributed by atoms with Crippen LogP contribution in [0.3, 0.4) is 0 Å². The molecule has 6 heteroatoms. The number of amides is 1. The second-order valence-electron chi connectivity index (χ2n) is 2.50. The van der Waals surface area contributed by atoms with Crippen LogP contribution >= 0.6 is 0 Å². The summed E-state index contributed by atoms with van der Waals surface area (Å²) in [6.45, 7) is 2.46. The second-order valence-corrected chi connectivity index (χ2v) is 4.94. The number of ether oxygens (including phenoxy) is 1. The Balaban J connectivity index is 3.71. The van der Waals surface area contributed by atoms with Crippen LogP contribution in [0.4, 0.5) is 4.79 Å². The maximum atomic E-state index is 10.7. The maximum Gasteiger partial charge on any atom is 0.406 e. The molecule has 13 heavy (non-hydrogen) atoms. The Hall–Kier alpha value is -0.593. The Bertz CT molecular complexity index is 151. The summed E-state index contributed by atoms with van der Waals surface area (Å²) in [6, 6.07) is 0. The molecule has 77 valence electrons. The molecule has 0 spiro atoms. The number of carbonyl (C=O) groups excluding carboxylic acids is 1. The Morgan fingerprint density at radius 2 is 1.92 bits per heavy atom. The fourth-order valence-electron chi connectivity index (χ4n) is 0.878. The largest absolute Gasteiger partial charge is 0.453 e. The number of hydrogen-bond donors (Lipinski definition) is 1. The van der Waals surface area contributed by atoms with Gasteiger partial charge in [-0.3, -0.25) is 0 Å². The average molecular weight is 206 g/mol. The SMILES string of the molecule is COC(=O)NCC(C)[Si](OC)OC. The van der Waals surface area contributed by atoms with E-state index >= 15 is 0 Å². The molecule has 0 fully saturated rings. The third kappa shape index (κ3) is 4.86. The van der Waals surface area contributed by atoms with Gasteiger partial charge < -0.3 is 18.9 Å². The lowest BCUT2D eigenvalue weighted by Gasteiger charge is -2.16. The van der Waals surface area contributed by atoms with Crippen LogP contribution in [0.15, 0.2) is 0 Å². The first-order valence-corrected chi connectivity index (χ1v) is 5.31. The zero-order chi connectivity index (χ0) is 10.3. The van der Waals surface area contributed by atoms with E-state index in [0.29, 0.717) is 6.54 Å². The standard InChI is InChI=1S/C7H16NO4Si/c1-6(13(11-3)12-4)5-8-7(9)10-2/h6H,5H2,1-4H3,(H,8,9). The Morgan fingerprint density at radius 1 is 1.38 bits per heavy atom. The molecule has 0 bridgehead atoms. The smallest absolute Gasteiger partial charge is 0.406 e. The highest BCUT2D eigenvalue weighted by Gasteiger charge is 2.22. The minimum absolute atomic E-state index is 0.180. The van der Waals surface area contributed by atoms with Crippen LogP contribution in [0, 0.1) is 0 Å². The van der Waals surface area contributed by atoms with Gasteiger partial charge in [-0.05, 0) is 0 Å². The van der Waals surface area contributed by atoms with Gasteiger partial charge in [-0.15, -0.1) is 0 Å². The van der Waals surface area contributed by atoms with Crippen LogP contribution in [0.2, 0.25) is 5.54 Å². The molecular weight excluding hydrogens is 190 g/mol. The third-order valence-electron chi connectivity index (χ3n) is 1.54. The van der Waals surface area contributed by atoms with Crippen molar-refractivity contribution in [3.8, 4) is 0 Å². The predicted molar refractivity (Wildman–Crippen MR) is 49.6 cm³/mol. The maximum absolute atomic E-state index is 10.7. The van der Waals surface area contributed by atoms with Crippen molar-refractivity contribution in [3.63, 3.8) is 0 Å². The van der Waals surface area contributed by atoms with E-state index in [1.54, 1.807) is 14.2 Å². The van der Waals surface area contributed by atoms with Crippen LogP contribution in [-0.4, -0.2) is 43.3 Å². The first kappa shape index (κ1) is 12.4. The Morgan fingerprint density at radius 3 is 2.31 bits per heavy atom. The van der Waals surface area contributed by atoms with E-state index in [1.165, 1.54) is 7.11 Å². The van der Waals surface area contributed by atoms with Gasteiger partial charge in [0.1, 0.15) is 0 Å². The van der Waals surface area contributed by atoms with Crippen molar-refractivity contribution < 1.29 is 18.4 Å².